The van der Waals surface area contributed by atoms with Gasteiger partial charge >= 0.3 is 0 Å². The van der Waals surface area contributed by atoms with E-state index in [-0.39, 0.29) is 11.9 Å². The fourth-order valence-electron chi connectivity index (χ4n) is 2.94. The normalized spacial score (nSPS) is 17.8. The van der Waals surface area contributed by atoms with Gasteiger partial charge in [0.1, 0.15) is 12.1 Å². The molecule has 9 nitrogen and oxygen atoms in total. The first-order valence-electron chi connectivity index (χ1n) is 7.42. The molecule has 2 N–H and O–H groups in total. The van der Waals surface area contributed by atoms with Gasteiger partial charge in [0.15, 0.2) is 11.5 Å². The molecule has 1 amide bonds. The number of carbonyl (C=O) groups is 1. The van der Waals surface area contributed by atoms with Crippen molar-refractivity contribution in [3.8, 4) is 0 Å². The lowest BCUT2D eigenvalue weighted by molar-refractivity contribution is -0.114. The smallest absolute Gasteiger partial charge is 0.222 e. The van der Waals surface area contributed by atoms with Crippen molar-refractivity contribution in [1.82, 2.24) is 29.9 Å². The van der Waals surface area contributed by atoms with Gasteiger partial charge in [-0.2, -0.15) is 10.2 Å². The lowest BCUT2D eigenvalue weighted by atomic mass is 10.3. The molecule has 1 atom stereocenters. The van der Waals surface area contributed by atoms with Crippen LogP contribution in [0.2, 0.25) is 0 Å². The summed E-state index contributed by atoms with van der Waals surface area (Å²) in [5, 5.41) is 14.9. The molecule has 1 aliphatic heterocycles. The van der Waals surface area contributed by atoms with Gasteiger partial charge < -0.3 is 10.2 Å². The number of aromatic amines is 1. The Morgan fingerprint density at radius 1 is 1.43 bits per heavy atom. The molecule has 0 bridgehead atoms. The highest BCUT2D eigenvalue weighted by Gasteiger charge is 2.27. The summed E-state index contributed by atoms with van der Waals surface area (Å²) in [6.45, 7) is 3.16. The number of aromatic nitrogens is 6. The van der Waals surface area contributed by atoms with Gasteiger partial charge in [0, 0.05) is 32.3 Å². The Balaban J connectivity index is 1.54. The van der Waals surface area contributed by atoms with Crippen molar-refractivity contribution in [2.24, 2.45) is 0 Å². The summed E-state index contributed by atoms with van der Waals surface area (Å²) in [7, 11) is 0. The molecule has 0 radical (unpaired) electrons. The molecule has 118 valence electrons. The summed E-state index contributed by atoms with van der Waals surface area (Å²) in [5.41, 5.74) is 0.741. The van der Waals surface area contributed by atoms with Crippen molar-refractivity contribution >= 4 is 28.6 Å². The Morgan fingerprint density at radius 3 is 3.22 bits per heavy atom. The summed E-state index contributed by atoms with van der Waals surface area (Å²) >= 11 is 0. The average Bonchev–Trinajstić information content (AvgIpc) is 3.26. The highest BCUT2D eigenvalue weighted by Crippen LogP contribution is 2.29. The molecule has 4 heterocycles. The number of nitrogens with one attached hydrogen (secondary N) is 2. The molecular formula is C14H16N8O. The summed E-state index contributed by atoms with van der Waals surface area (Å²) in [6, 6.07) is 2.05. The predicted molar refractivity (Wildman–Crippen MR) is 84.1 cm³/mol. The maximum atomic E-state index is 11.1. The topological polar surface area (TPSA) is 105 Å². The second kappa shape index (κ2) is 5.34. The first-order valence-corrected chi connectivity index (χ1v) is 7.42. The maximum Gasteiger partial charge on any atom is 0.222 e. The zero-order valence-electron chi connectivity index (χ0n) is 12.6. The molecule has 23 heavy (non-hydrogen) atoms. The third kappa shape index (κ3) is 2.50. The Bertz CT molecular complexity index is 853. The van der Waals surface area contributed by atoms with E-state index < -0.39 is 0 Å². The van der Waals surface area contributed by atoms with Gasteiger partial charge in [0.25, 0.3) is 0 Å². The van der Waals surface area contributed by atoms with Crippen LogP contribution in [0.1, 0.15) is 19.4 Å². The molecule has 0 saturated carbocycles. The number of rotatable bonds is 3. The summed E-state index contributed by atoms with van der Waals surface area (Å²) < 4.78 is 1.90. The molecule has 0 aromatic carbocycles. The fraction of sp³-hybridized carbons (Fsp3) is 0.357. The number of H-pyrrole nitrogens is 1. The minimum Gasteiger partial charge on any atom is -0.354 e. The van der Waals surface area contributed by atoms with Crippen molar-refractivity contribution in [3.63, 3.8) is 0 Å². The van der Waals surface area contributed by atoms with Gasteiger partial charge in [0.05, 0.1) is 17.6 Å². The third-order valence-electron chi connectivity index (χ3n) is 3.98. The van der Waals surface area contributed by atoms with E-state index in [9.17, 15) is 4.79 Å². The second-order valence-corrected chi connectivity index (χ2v) is 5.58. The quantitative estimate of drug-likeness (QED) is 0.746. The van der Waals surface area contributed by atoms with E-state index in [4.69, 9.17) is 0 Å². The molecule has 1 aliphatic rings. The number of carbonyl (C=O) groups excluding carboxylic acids is 1. The summed E-state index contributed by atoms with van der Waals surface area (Å²) in [6.07, 6.45) is 6.16. The molecule has 1 saturated heterocycles. The van der Waals surface area contributed by atoms with Gasteiger partial charge in [-0.15, -0.1) is 0 Å². The SMILES string of the molecule is CC(=O)Nc1ccn([C@H]2CCN(c3ncnc4[nH]ncc34)C2)n1. The number of anilines is 2. The summed E-state index contributed by atoms with van der Waals surface area (Å²) in [4.78, 5) is 21.9. The van der Waals surface area contributed by atoms with Crippen LogP contribution < -0.4 is 10.2 Å². The minimum absolute atomic E-state index is 0.119. The van der Waals surface area contributed by atoms with E-state index in [1.54, 1.807) is 12.5 Å². The van der Waals surface area contributed by atoms with Gasteiger partial charge in [-0.3, -0.25) is 14.6 Å². The van der Waals surface area contributed by atoms with Gasteiger partial charge in [0.2, 0.25) is 5.91 Å². The largest absolute Gasteiger partial charge is 0.354 e. The Labute approximate surface area is 131 Å². The van der Waals surface area contributed by atoms with Gasteiger partial charge in [-0.25, -0.2) is 9.97 Å². The highest BCUT2D eigenvalue weighted by molar-refractivity contribution is 5.87. The van der Waals surface area contributed by atoms with E-state index in [1.165, 1.54) is 6.92 Å². The number of fused-ring (bicyclic) bond motifs is 1. The minimum atomic E-state index is -0.119. The number of nitrogens with zero attached hydrogens (tertiary/aromatic N) is 6. The first kappa shape index (κ1) is 13.7. The van der Waals surface area contributed by atoms with Crippen LogP contribution in [0.25, 0.3) is 11.0 Å². The lowest BCUT2D eigenvalue weighted by Crippen LogP contribution is -2.22. The second-order valence-electron chi connectivity index (χ2n) is 5.58. The molecule has 0 aliphatic carbocycles. The van der Waals surface area contributed by atoms with E-state index in [0.29, 0.717) is 5.82 Å². The van der Waals surface area contributed by atoms with Crippen LogP contribution in [0, 0.1) is 0 Å². The van der Waals surface area contributed by atoms with Gasteiger partial charge in [-0.1, -0.05) is 0 Å². The van der Waals surface area contributed by atoms with Crippen molar-refractivity contribution in [2.75, 3.05) is 23.3 Å². The van der Waals surface area contributed by atoms with Gasteiger partial charge in [-0.05, 0) is 6.42 Å². The molecular weight excluding hydrogens is 296 g/mol. The standard InChI is InChI=1S/C14H16N8O/c1-9(23)18-12-3-5-22(20-12)10-2-4-21(7-10)14-11-6-17-19-13(11)15-8-16-14/h3,5-6,8,10H,2,4,7H2,1H3,(H,18,20,23)(H,15,16,17,19)/t10-/m0/s1. The highest BCUT2D eigenvalue weighted by atomic mass is 16.1. The Hall–Kier alpha value is -2.97. The molecule has 9 heteroatoms. The number of hydrogen-bond acceptors (Lipinski definition) is 6. The van der Waals surface area contributed by atoms with Crippen LogP contribution in [-0.4, -0.2) is 48.9 Å². The van der Waals surface area contributed by atoms with Crippen molar-refractivity contribution in [3.05, 3.63) is 24.8 Å². The van der Waals surface area contributed by atoms with Crippen molar-refractivity contribution in [2.45, 2.75) is 19.4 Å². The van der Waals surface area contributed by atoms with Crippen LogP contribution >= 0.6 is 0 Å². The van der Waals surface area contributed by atoms with Crippen molar-refractivity contribution < 1.29 is 4.79 Å². The molecule has 1 fully saturated rings. The predicted octanol–water partition coefficient (Wildman–Crippen LogP) is 0.959. The van der Waals surface area contributed by atoms with Crippen molar-refractivity contribution in [1.29, 1.82) is 0 Å². The third-order valence-corrected chi connectivity index (χ3v) is 3.98. The van der Waals surface area contributed by atoms with Crippen LogP contribution in [0.15, 0.2) is 24.8 Å². The van der Waals surface area contributed by atoms with Crippen LogP contribution in [0.5, 0.6) is 0 Å². The molecule has 3 aromatic rings. The maximum absolute atomic E-state index is 11.1. The molecule has 0 unspecified atom stereocenters. The van der Waals surface area contributed by atoms with Crippen LogP contribution in [-0.2, 0) is 4.79 Å². The zero-order chi connectivity index (χ0) is 15.8. The van der Waals surface area contributed by atoms with E-state index in [1.807, 2.05) is 16.9 Å². The lowest BCUT2D eigenvalue weighted by Gasteiger charge is -2.17. The molecule has 3 aromatic heterocycles. The molecule has 4 rings (SSSR count). The monoisotopic (exact) mass is 312 g/mol. The number of hydrogen-bond donors (Lipinski definition) is 2. The first-order chi connectivity index (χ1) is 11.2. The van der Waals surface area contributed by atoms with Crippen LogP contribution in [0.3, 0.4) is 0 Å². The van der Waals surface area contributed by atoms with Crippen LogP contribution in [0.4, 0.5) is 11.6 Å². The van der Waals surface area contributed by atoms with E-state index >= 15 is 0 Å². The number of amides is 1. The zero-order valence-corrected chi connectivity index (χ0v) is 12.6. The fourth-order valence-corrected chi connectivity index (χ4v) is 2.94. The summed E-state index contributed by atoms with van der Waals surface area (Å²) in [5.74, 6) is 1.35. The molecule has 0 spiro atoms. The Kier molecular flexibility index (Phi) is 3.18. The average molecular weight is 312 g/mol. The van der Waals surface area contributed by atoms with E-state index in [0.717, 1.165) is 36.4 Å². The van der Waals surface area contributed by atoms with E-state index in [2.05, 4.69) is 35.5 Å². The Morgan fingerprint density at radius 2 is 2.35 bits per heavy atom.